The van der Waals surface area contributed by atoms with Crippen LogP contribution in [0.3, 0.4) is 0 Å². The van der Waals surface area contributed by atoms with Gasteiger partial charge in [-0.15, -0.1) is 5.10 Å². The smallest absolute Gasteiger partial charge is 0.257 e. The highest BCUT2D eigenvalue weighted by Gasteiger charge is 2.22. The van der Waals surface area contributed by atoms with Gasteiger partial charge in [-0.25, -0.2) is 4.39 Å². The predicted molar refractivity (Wildman–Crippen MR) is 111 cm³/mol. The molecule has 0 aliphatic heterocycles. The Labute approximate surface area is 172 Å². The van der Waals surface area contributed by atoms with E-state index in [-0.39, 0.29) is 11.6 Å². The maximum atomic E-state index is 14.3. The van der Waals surface area contributed by atoms with Gasteiger partial charge in [0.15, 0.2) is 5.82 Å². The van der Waals surface area contributed by atoms with Crippen molar-refractivity contribution in [1.82, 2.24) is 25.2 Å². The minimum absolute atomic E-state index is 0.179. The standard InChI is InChI=1S/C22H21FN6O/c1-12-6-9-19-17(10-12)15-4-3-5-16(21(15)25-19)22(30)24-14-7-8-18(23)20(11-14)29-13(2)26-27-28-29/h3-5,7-8,11-12,25H,6,9-10H2,1-2H3,(H,24,30). The van der Waals surface area contributed by atoms with Crippen LogP contribution in [0.5, 0.6) is 0 Å². The van der Waals surface area contributed by atoms with Crippen molar-refractivity contribution < 1.29 is 9.18 Å². The summed E-state index contributed by atoms with van der Waals surface area (Å²) < 4.78 is 15.6. The van der Waals surface area contributed by atoms with Gasteiger partial charge < -0.3 is 10.3 Å². The third kappa shape index (κ3) is 3.04. The molecule has 8 heteroatoms. The summed E-state index contributed by atoms with van der Waals surface area (Å²) in [6, 6.07) is 10.1. The van der Waals surface area contributed by atoms with Crippen LogP contribution in [0.25, 0.3) is 16.6 Å². The number of carbonyl (C=O) groups excluding carboxylic acids is 1. The lowest BCUT2D eigenvalue weighted by Gasteiger charge is -2.17. The number of nitrogens with one attached hydrogen (secondary N) is 2. The van der Waals surface area contributed by atoms with Crippen molar-refractivity contribution in [2.24, 2.45) is 5.92 Å². The molecule has 152 valence electrons. The minimum atomic E-state index is -0.475. The van der Waals surface area contributed by atoms with Gasteiger partial charge in [-0.2, -0.15) is 4.68 Å². The van der Waals surface area contributed by atoms with Gasteiger partial charge in [-0.05, 0) is 72.4 Å². The fourth-order valence-electron chi connectivity index (χ4n) is 4.21. The number of aromatic amines is 1. The molecule has 1 unspecified atom stereocenters. The van der Waals surface area contributed by atoms with E-state index in [4.69, 9.17) is 0 Å². The third-order valence-electron chi connectivity index (χ3n) is 5.77. The van der Waals surface area contributed by atoms with Gasteiger partial charge in [0.1, 0.15) is 11.5 Å². The van der Waals surface area contributed by atoms with E-state index in [0.717, 1.165) is 30.2 Å². The molecule has 1 amide bonds. The van der Waals surface area contributed by atoms with Crippen molar-refractivity contribution >= 4 is 22.5 Å². The number of tetrazole rings is 1. The zero-order valence-electron chi connectivity index (χ0n) is 16.7. The Kier molecular flexibility index (Phi) is 4.34. The number of fused-ring (bicyclic) bond motifs is 3. The summed E-state index contributed by atoms with van der Waals surface area (Å²) in [6.45, 7) is 3.94. The molecule has 30 heavy (non-hydrogen) atoms. The van der Waals surface area contributed by atoms with Crippen LogP contribution < -0.4 is 5.32 Å². The molecule has 2 aromatic heterocycles. The number of hydrogen-bond donors (Lipinski definition) is 2. The lowest BCUT2D eigenvalue weighted by molar-refractivity contribution is 0.102. The van der Waals surface area contributed by atoms with Gasteiger partial charge in [-0.3, -0.25) is 4.79 Å². The molecule has 0 spiro atoms. The van der Waals surface area contributed by atoms with E-state index in [1.807, 2.05) is 6.07 Å². The van der Waals surface area contributed by atoms with Crippen molar-refractivity contribution in [2.75, 3.05) is 5.32 Å². The van der Waals surface area contributed by atoms with Crippen molar-refractivity contribution in [2.45, 2.75) is 33.1 Å². The van der Waals surface area contributed by atoms with Crippen LogP contribution in [0.1, 0.15) is 40.8 Å². The second-order valence-electron chi connectivity index (χ2n) is 7.92. The van der Waals surface area contributed by atoms with Crippen LogP contribution in [0.4, 0.5) is 10.1 Å². The first-order valence-corrected chi connectivity index (χ1v) is 10.00. The monoisotopic (exact) mass is 404 g/mol. The van der Waals surface area contributed by atoms with Crippen molar-refractivity contribution in [3.8, 4) is 5.69 Å². The fourth-order valence-corrected chi connectivity index (χ4v) is 4.21. The summed E-state index contributed by atoms with van der Waals surface area (Å²) >= 11 is 0. The first kappa shape index (κ1) is 18.5. The molecule has 0 fully saturated rings. The Balaban J connectivity index is 1.49. The van der Waals surface area contributed by atoms with Gasteiger partial charge in [0.05, 0.1) is 11.1 Å². The van der Waals surface area contributed by atoms with E-state index < -0.39 is 5.82 Å². The van der Waals surface area contributed by atoms with E-state index in [0.29, 0.717) is 23.0 Å². The first-order chi connectivity index (χ1) is 14.5. The molecule has 5 rings (SSSR count). The highest BCUT2D eigenvalue weighted by atomic mass is 19.1. The van der Waals surface area contributed by atoms with Crippen LogP contribution >= 0.6 is 0 Å². The zero-order valence-corrected chi connectivity index (χ0v) is 16.7. The molecule has 0 saturated carbocycles. The molecule has 1 aliphatic rings. The lowest BCUT2D eigenvalue weighted by Crippen LogP contribution is -2.13. The zero-order chi connectivity index (χ0) is 20.8. The molecule has 2 N–H and O–H groups in total. The average molecular weight is 404 g/mol. The van der Waals surface area contributed by atoms with Crippen LogP contribution in [0, 0.1) is 18.7 Å². The minimum Gasteiger partial charge on any atom is -0.358 e. The molecular weight excluding hydrogens is 383 g/mol. The van der Waals surface area contributed by atoms with Crippen LogP contribution in [0.15, 0.2) is 36.4 Å². The number of aryl methyl sites for hydroxylation is 2. The van der Waals surface area contributed by atoms with E-state index in [2.05, 4.69) is 38.8 Å². The van der Waals surface area contributed by atoms with E-state index in [9.17, 15) is 9.18 Å². The molecule has 7 nitrogen and oxygen atoms in total. The van der Waals surface area contributed by atoms with Crippen LogP contribution in [-0.4, -0.2) is 31.1 Å². The van der Waals surface area contributed by atoms with Gasteiger partial charge in [-0.1, -0.05) is 19.1 Å². The number of amides is 1. The molecule has 0 saturated heterocycles. The summed E-state index contributed by atoms with van der Waals surface area (Å²) in [5, 5.41) is 15.1. The summed E-state index contributed by atoms with van der Waals surface area (Å²) in [6.07, 6.45) is 3.17. The van der Waals surface area contributed by atoms with E-state index in [1.165, 1.54) is 34.1 Å². The summed E-state index contributed by atoms with van der Waals surface area (Å²) in [5.41, 5.74) is 4.61. The molecule has 4 aromatic rings. The largest absolute Gasteiger partial charge is 0.358 e. The summed E-state index contributed by atoms with van der Waals surface area (Å²) in [4.78, 5) is 16.6. The maximum Gasteiger partial charge on any atom is 0.257 e. The highest BCUT2D eigenvalue weighted by molar-refractivity contribution is 6.12. The summed E-state index contributed by atoms with van der Waals surface area (Å²) in [7, 11) is 0. The SMILES string of the molecule is Cc1nnnn1-c1cc(NC(=O)c2cccc3c4c([nH]c23)CCC(C)C4)ccc1F. The quantitative estimate of drug-likeness (QED) is 0.541. The number of halogens is 1. The summed E-state index contributed by atoms with van der Waals surface area (Å²) in [5.74, 6) is 0.365. The number of carbonyl (C=O) groups is 1. The maximum absolute atomic E-state index is 14.3. The predicted octanol–water partition coefficient (Wildman–Crippen LogP) is 3.97. The van der Waals surface area contributed by atoms with Crippen molar-refractivity contribution in [3.05, 3.63) is 64.9 Å². The molecule has 2 heterocycles. The first-order valence-electron chi connectivity index (χ1n) is 10.00. The van der Waals surface area contributed by atoms with Crippen LogP contribution in [0.2, 0.25) is 0 Å². The number of H-pyrrole nitrogens is 1. The van der Waals surface area contributed by atoms with Crippen LogP contribution in [-0.2, 0) is 12.8 Å². The van der Waals surface area contributed by atoms with Gasteiger partial charge in [0.2, 0.25) is 0 Å². The number of rotatable bonds is 3. The Morgan fingerprint density at radius 2 is 2.17 bits per heavy atom. The number of anilines is 1. The number of para-hydroxylation sites is 1. The van der Waals surface area contributed by atoms with Crippen molar-refractivity contribution in [1.29, 1.82) is 0 Å². The van der Waals surface area contributed by atoms with Gasteiger partial charge in [0.25, 0.3) is 5.91 Å². The topological polar surface area (TPSA) is 88.5 Å². The highest BCUT2D eigenvalue weighted by Crippen LogP contribution is 2.33. The molecule has 0 radical (unpaired) electrons. The normalized spacial score (nSPS) is 15.9. The fraction of sp³-hybridized carbons (Fsp3) is 0.273. The number of hydrogen-bond acceptors (Lipinski definition) is 4. The third-order valence-corrected chi connectivity index (χ3v) is 5.77. The number of benzene rings is 2. The Bertz CT molecular complexity index is 1270. The second-order valence-corrected chi connectivity index (χ2v) is 7.92. The Morgan fingerprint density at radius 1 is 1.30 bits per heavy atom. The Hall–Kier alpha value is -3.55. The van der Waals surface area contributed by atoms with E-state index >= 15 is 0 Å². The lowest BCUT2D eigenvalue weighted by atomic mass is 9.87. The molecule has 2 aromatic carbocycles. The molecule has 1 atom stereocenters. The second kappa shape index (κ2) is 7.05. The van der Waals surface area contributed by atoms with Crippen molar-refractivity contribution in [3.63, 3.8) is 0 Å². The number of aromatic nitrogens is 5. The Morgan fingerprint density at radius 3 is 2.97 bits per heavy atom. The molecule has 0 bridgehead atoms. The van der Waals surface area contributed by atoms with E-state index in [1.54, 1.807) is 13.0 Å². The molecular formula is C22H21FN6O. The average Bonchev–Trinajstić information content (AvgIpc) is 3.32. The van der Waals surface area contributed by atoms with Gasteiger partial charge >= 0.3 is 0 Å². The molecule has 1 aliphatic carbocycles. The van der Waals surface area contributed by atoms with Gasteiger partial charge in [0, 0.05) is 16.8 Å². The number of nitrogens with zero attached hydrogens (tertiary/aromatic N) is 4.